The molecule has 0 aliphatic heterocycles. The number of carbonyl (C=O) groups is 1. The molecule has 0 aliphatic rings. The van der Waals surface area contributed by atoms with Crippen molar-refractivity contribution in [3.63, 3.8) is 0 Å². The minimum Gasteiger partial charge on any atom is -0.368 e. The first-order valence-electron chi connectivity index (χ1n) is 5.78. The zero-order chi connectivity index (χ0) is 14.4. The molecular weight excluding hydrogens is 276 g/mol. The summed E-state index contributed by atoms with van der Waals surface area (Å²) in [5, 5.41) is -0.695. The zero-order valence-electron chi connectivity index (χ0n) is 10.1. The lowest BCUT2D eigenvalue weighted by Crippen LogP contribution is -2.43. The molecule has 0 aliphatic carbocycles. The summed E-state index contributed by atoms with van der Waals surface area (Å²) in [6, 6.07) is 0. The quantitative estimate of drug-likeness (QED) is 0.433. The summed E-state index contributed by atoms with van der Waals surface area (Å²) < 4.78 is 0.910. The van der Waals surface area contributed by atoms with Crippen LogP contribution in [0.25, 0.3) is 0 Å². The second-order valence-corrected chi connectivity index (χ2v) is 4.59. The maximum absolute atomic E-state index is 11.3. The standard InChI is InChI=1S/C10H15ClN4O4/c11-6(7(12)16)4-2-1-3-5-15-9(18)13-8(17)14-10(15)19/h6H,1-5H2,(H2,12,16)(H2,13,14,17,18,19). The Hall–Kier alpha value is -1.83. The fourth-order valence-corrected chi connectivity index (χ4v) is 1.72. The lowest BCUT2D eigenvalue weighted by molar-refractivity contribution is -0.117. The number of hydrogen-bond donors (Lipinski definition) is 3. The molecule has 1 atom stereocenters. The summed E-state index contributed by atoms with van der Waals surface area (Å²) in [6.07, 6.45) is 2.35. The van der Waals surface area contributed by atoms with Gasteiger partial charge in [0, 0.05) is 6.54 Å². The molecule has 0 radical (unpaired) electrons. The van der Waals surface area contributed by atoms with E-state index in [1.54, 1.807) is 0 Å². The summed E-state index contributed by atoms with van der Waals surface area (Å²) in [5.74, 6) is -0.560. The van der Waals surface area contributed by atoms with Crippen molar-refractivity contribution in [1.82, 2.24) is 14.5 Å². The van der Waals surface area contributed by atoms with Crippen molar-refractivity contribution in [2.75, 3.05) is 0 Å². The Balaban J connectivity index is 2.43. The summed E-state index contributed by atoms with van der Waals surface area (Å²) >= 11 is 5.66. The highest BCUT2D eigenvalue weighted by molar-refractivity contribution is 6.30. The largest absolute Gasteiger partial charge is 0.368 e. The molecule has 1 aromatic rings. The van der Waals surface area contributed by atoms with Crippen LogP contribution in [0.4, 0.5) is 0 Å². The van der Waals surface area contributed by atoms with Gasteiger partial charge in [0.25, 0.3) is 0 Å². The molecule has 1 amide bonds. The number of H-pyrrole nitrogens is 2. The molecule has 1 aromatic heterocycles. The van der Waals surface area contributed by atoms with Gasteiger partial charge in [0.2, 0.25) is 5.91 Å². The highest BCUT2D eigenvalue weighted by Crippen LogP contribution is 2.08. The van der Waals surface area contributed by atoms with E-state index in [-0.39, 0.29) is 6.54 Å². The summed E-state index contributed by atoms with van der Waals surface area (Å²) in [7, 11) is 0. The predicted molar refractivity (Wildman–Crippen MR) is 69.2 cm³/mol. The molecule has 1 heterocycles. The minimum absolute atomic E-state index is 0.189. The smallest absolute Gasteiger partial charge is 0.333 e. The van der Waals surface area contributed by atoms with E-state index in [1.807, 2.05) is 9.97 Å². The number of nitrogens with two attached hydrogens (primary N) is 1. The van der Waals surface area contributed by atoms with Gasteiger partial charge < -0.3 is 5.73 Å². The number of carbonyl (C=O) groups excluding carboxylic acids is 1. The second-order valence-electron chi connectivity index (χ2n) is 4.06. The third kappa shape index (κ3) is 4.74. The average molecular weight is 291 g/mol. The first-order valence-corrected chi connectivity index (χ1v) is 6.22. The fraction of sp³-hybridized carbons (Fsp3) is 0.600. The van der Waals surface area contributed by atoms with Crippen molar-refractivity contribution in [2.24, 2.45) is 5.73 Å². The van der Waals surface area contributed by atoms with Crippen molar-refractivity contribution in [1.29, 1.82) is 0 Å². The van der Waals surface area contributed by atoms with E-state index >= 15 is 0 Å². The second kappa shape index (κ2) is 6.93. The first kappa shape index (κ1) is 15.2. The Kier molecular flexibility index (Phi) is 5.56. The van der Waals surface area contributed by atoms with Crippen molar-refractivity contribution in [3.8, 4) is 0 Å². The van der Waals surface area contributed by atoms with Crippen LogP contribution in [0.15, 0.2) is 14.4 Å². The van der Waals surface area contributed by atoms with E-state index in [1.165, 1.54) is 0 Å². The molecule has 0 bridgehead atoms. The maximum Gasteiger partial charge on any atom is 0.333 e. The van der Waals surface area contributed by atoms with Gasteiger partial charge in [0.15, 0.2) is 0 Å². The van der Waals surface area contributed by atoms with Crippen LogP contribution in [0.5, 0.6) is 0 Å². The van der Waals surface area contributed by atoms with Gasteiger partial charge in [-0.2, -0.15) is 0 Å². The molecule has 0 saturated carbocycles. The van der Waals surface area contributed by atoms with Crippen LogP contribution in [0.2, 0.25) is 0 Å². The number of primary amides is 1. The number of nitrogens with one attached hydrogen (secondary N) is 2. The van der Waals surface area contributed by atoms with Crippen LogP contribution < -0.4 is 22.8 Å². The van der Waals surface area contributed by atoms with Gasteiger partial charge in [-0.25, -0.2) is 19.0 Å². The first-order chi connectivity index (χ1) is 8.91. The van der Waals surface area contributed by atoms with Crippen LogP contribution in [-0.2, 0) is 11.3 Å². The van der Waals surface area contributed by atoms with E-state index < -0.39 is 28.4 Å². The van der Waals surface area contributed by atoms with E-state index in [9.17, 15) is 19.2 Å². The minimum atomic E-state index is -0.822. The molecule has 106 valence electrons. The van der Waals surface area contributed by atoms with E-state index in [2.05, 4.69) is 0 Å². The lowest BCUT2D eigenvalue weighted by Gasteiger charge is -2.05. The summed E-state index contributed by atoms with van der Waals surface area (Å²) in [5.41, 5.74) is 2.71. The zero-order valence-corrected chi connectivity index (χ0v) is 10.9. The van der Waals surface area contributed by atoms with Gasteiger partial charge in [0.1, 0.15) is 5.38 Å². The molecule has 0 saturated heterocycles. The number of halogens is 1. The topological polar surface area (TPSA) is 131 Å². The van der Waals surface area contributed by atoms with E-state index in [4.69, 9.17) is 17.3 Å². The molecule has 1 unspecified atom stereocenters. The Bertz CT molecular complexity index is 568. The van der Waals surface area contributed by atoms with E-state index in [0.717, 1.165) is 4.57 Å². The normalized spacial score (nSPS) is 12.3. The molecule has 19 heavy (non-hydrogen) atoms. The monoisotopic (exact) mass is 290 g/mol. The number of amides is 1. The Labute approximate surface area is 112 Å². The Morgan fingerprint density at radius 3 is 2.26 bits per heavy atom. The third-order valence-electron chi connectivity index (χ3n) is 2.58. The number of alkyl halides is 1. The SMILES string of the molecule is NC(=O)C(Cl)CCCCCn1c(=O)[nH]c(=O)[nH]c1=O. The number of nitrogens with zero attached hydrogens (tertiary/aromatic N) is 1. The van der Waals surface area contributed by atoms with Crippen molar-refractivity contribution in [2.45, 2.75) is 37.6 Å². The van der Waals surface area contributed by atoms with Gasteiger partial charge >= 0.3 is 17.1 Å². The highest BCUT2D eigenvalue weighted by Gasteiger charge is 2.10. The van der Waals surface area contributed by atoms with E-state index in [0.29, 0.717) is 25.7 Å². The van der Waals surface area contributed by atoms with Crippen LogP contribution in [0.3, 0.4) is 0 Å². The molecule has 1 rings (SSSR count). The molecule has 4 N–H and O–H groups in total. The van der Waals surface area contributed by atoms with Gasteiger partial charge in [-0.15, -0.1) is 11.6 Å². The van der Waals surface area contributed by atoms with Crippen LogP contribution in [0.1, 0.15) is 25.7 Å². The van der Waals surface area contributed by atoms with Crippen LogP contribution in [-0.4, -0.2) is 25.8 Å². The molecular formula is C10H15ClN4O4. The average Bonchev–Trinajstić information content (AvgIpc) is 2.30. The summed E-state index contributed by atoms with van der Waals surface area (Å²) in [6.45, 7) is 0.189. The predicted octanol–water partition coefficient (Wildman–Crippen LogP) is -1.12. The molecule has 0 spiro atoms. The van der Waals surface area contributed by atoms with Gasteiger partial charge in [-0.05, 0) is 12.8 Å². The number of unbranched alkanes of at least 4 members (excludes halogenated alkanes) is 2. The molecule has 0 aromatic carbocycles. The third-order valence-corrected chi connectivity index (χ3v) is 3.01. The number of hydrogen-bond acceptors (Lipinski definition) is 4. The number of rotatable bonds is 7. The number of aromatic amines is 2. The van der Waals surface area contributed by atoms with Crippen molar-refractivity contribution in [3.05, 3.63) is 31.5 Å². The van der Waals surface area contributed by atoms with Crippen molar-refractivity contribution >= 4 is 17.5 Å². The maximum atomic E-state index is 11.3. The highest BCUT2D eigenvalue weighted by atomic mass is 35.5. The van der Waals surface area contributed by atoms with Gasteiger partial charge in [0.05, 0.1) is 0 Å². The van der Waals surface area contributed by atoms with Crippen molar-refractivity contribution < 1.29 is 4.79 Å². The Morgan fingerprint density at radius 2 is 1.74 bits per heavy atom. The van der Waals surface area contributed by atoms with Gasteiger partial charge in [-0.3, -0.25) is 14.8 Å². The van der Waals surface area contributed by atoms with Crippen LogP contribution in [0, 0.1) is 0 Å². The fourth-order valence-electron chi connectivity index (χ4n) is 1.57. The summed E-state index contributed by atoms with van der Waals surface area (Å²) in [4.78, 5) is 48.1. The van der Waals surface area contributed by atoms with Gasteiger partial charge in [-0.1, -0.05) is 12.8 Å². The number of aromatic nitrogens is 3. The Morgan fingerprint density at radius 1 is 1.16 bits per heavy atom. The molecule has 8 nitrogen and oxygen atoms in total. The van der Waals surface area contributed by atoms with Crippen LogP contribution >= 0.6 is 11.6 Å². The molecule has 0 fully saturated rings. The molecule has 9 heteroatoms. The lowest BCUT2D eigenvalue weighted by atomic mass is 10.1.